The molecule has 2 aromatic rings. The van der Waals surface area contributed by atoms with E-state index in [1.165, 1.54) is 11.1 Å². The largest absolute Gasteiger partial charge is 0.324 e. The third-order valence-electron chi connectivity index (χ3n) is 3.37. The van der Waals surface area contributed by atoms with Gasteiger partial charge in [0.2, 0.25) is 5.91 Å². The summed E-state index contributed by atoms with van der Waals surface area (Å²) in [7, 11) is 0. The molecule has 0 aliphatic carbocycles. The first-order valence-electron chi connectivity index (χ1n) is 7.33. The van der Waals surface area contributed by atoms with E-state index in [1.54, 1.807) is 11.8 Å². The molecule has 4 heteroatoms. The van der Waals surface area contributed by atoms with Gasteiger partial charge in [0.1, 0.15) is 0 Å². The number of anilines is 1. The zero-order chi connectivity index (χ0) is 16.1. The smallest absolute Gasteiger partial charge is 0.234 e. The van der Waals surface area contributed by atoms with Crippen LogP contribution < -0.4 is 5.32 Å². The molecule has 0 fully saturated rings. The molecule has 0 saturated carbocycles. The van der Waals surface area contributed by atoms with Crippen molar-refractivity contribution in [3.05, 3.63) is 58.4 Å². The Morgan fingerprint density at radius 3 is 2.64 bits per heavy atom. The minimum absolute atomic E-state index is 0.0227. The Hall–Kier alpha value is -1.81. The summed E-state index contributed by atoms with van der Waals surface area (Å²) in [4.78, 5) is 16.5. The number of hydrogen-bond donors (Lipinski definition) is 1. The fraction of sp³-hybridized carbons (Fsp3) is 0.333. The molecule has 0 atom stereocenters. The molecule has 1 aromatic heterocycles. The third kappa shape index (κ3) is 4.60. The van der Waals surface area contributed by atoms with Crippen LogP contribution in [0.4, 0.5) is 5.69 Å². The predicted molar refractivity (Wildman–Crippen MR) is 94.4 cm³/mol. The molecule has 0 radical (unpaired) electrons. The minimum Gasteiger partial charge on any atom is -0.324 e. The quantitative estimate of drug-likeness (QED) is 0.900. The number of carbonyl (C=O) groups is 1. The molecule has 0 spiro atoms. The van der Waals surface area contributed by atoms with E-state index in [0.717, 1.165) is 28.4 Å². The predicted octanol–water partition coefficient (Wildman–Crippen LogP) is 4.19. The van der Waals surface area contributed by atoms with E-state index in [-0.39, 0.29) is 5.91 Å². The molecule has 1 N–H and O–H groups in total. The van der Waals surface area contributed by atoms with Gasteiger partial charge in [0, 0.05) is 11.4 Å². The van der Waals surface area contributed by atoms with Crippen molar-refractivity contribution in [3.8, 4) is 0 Å². The first-order chi connectivity index (χ1) is 10.5. The Morgan fingerprint density at radius 1 is 1.18 bits per heavy atom. The molecule has 116 valence electrons. The lowest BCUT2D eigenvalue weighted by atomic mass is 10.1. The fourth-order valence-electron chi connectivity index (χ4n) is 2.45. The number of amides is 1. The number of thioether (sulfide) groups is 1. The van der Waals surface area contributed by atoms with Crippen LogP contribution in [0, 0.1) is 27.7 Å². The van der Waals surface area contributed by atoms with Gasteiger partial charge < -0.3 is 5.32 Å². The average Bonchev–Trinajstić information content (AvgIpc) is 2.43. The normalized spacial score (nSPS) is 10.5. The lowest BCUT2D eigenvalue weighted by Gasteiger charge is -2.12. The van der Waals surface area contributed by atoms with Crippen molar-refractivity contribution >= 4 is 23.4 Å². The van der Waals surface area contributed by atoms with Crippen molar-refractivity contribution in [1.29, 1.82) is 0 Å². The van der Waals surface area contributed by atoms with E-state index >= 15 is 0 Å². The highest BCUT2D eigenvalue weighted by atomic mass is 32.2. The molecule has 0 aliphatic rings. The highest BCUT2D eigenvalue weighted by Gasteiger charge is 2.09. The zero-order valence-corrected chi connectivity index (χ0v) is 14.4. The van der Waals surface area contributed by atoms with E-state index in [2.05, 4.69) is 41.5 Å². The van der Waals surface area contributed by atoms with Gasteiger partial charge in [0.25, 0.3) is 0 Å². The van der Waals surface area contributed by atoms with Gasteiger partial charge in [-0.2, -0.15) is 0 Å². The Morgan fingerprint density at radius 2 is 1.95 bits per heavy atom. The summed E-state index contributed by atoms with van der Waals surface area (Å²) < 4.78 is 0. The summed E-state index contributed by atoms with van der Waals surface area (Å²) in [6.45, 7) is 7.97. The Balaban J connectivity index is 1.89. The molecule has 0 saturated heterocycles. The standard InChI is InChI=1S/C18H22N2OS/c1-12-6-5-7-16(8-12)10-22-11-17(21)20-18-13(2)9-14(3)19-15(18)4/h5-9H,10-11H2,1-4H3,(H,20,21). The minimum atomic E-state index is 0.0227. The number of nitrogens with zero attached hydrogens (tertiary/aromatic N) is 1. The molecular formula is C18H22N2OS. The maximum absolute atomic E-state index is 12.1. The number of nitrogens with one attached hydrogen (secondary N) is 1. The van der Waals surface area contributed by atoms with Crippen LogP contribution >= 0.6 is 11.8 Å². The first-order valence-corrected chi connectivity index (χ1v) is 8.49. The second kappa shape index (κ2) is 7.45. The van der Waals surface area contributed by atoms with Crippen LogP contribution in [0.2, 0.25) is 0 Å². The monoisotopic (exact) mass is 314 g/mol. The Bertz CT molecular complexity index is 660. The summed E-state index contributed by atoms with van der Waals surface area (Å²) in [5.41, 5.74) is 6.24. The molecule has 0 unspecified atom stereocenters. The van der Waals surface area contributed by atoms with E-state index < -0.39 is 0 Å². The average molecular weight is 314 g/mol. The van der Waals surface area contributed by atoms with E-state index in [9.17, 15) is 4.79 Å². The van der Waals surface area contributed by atoms with Crippen LogP contribution in [0.1, 0.15) is 28.1 Å². The second-order valence-corrected chi connectivity index (χ2v) is 6.56. The van der Waals surface area contributed by atoms with Gasteiger partial charge in [-0.05, 0) is 44.9 Å². The molecule has 0 aliphatic heterocycles. The summed E-state index contributed by atoms with van der Waals surface area (Å²) >= 11 is 1.62. The third-order valence-corrected chi connectivity index (χ3v) is 4.38. The lowest BCUT2D eigenvalue weighted by molar-refractivity contribution is -0.113. The van der Waals surface area contributed by atoms with Crippen molar-refractivity contribution in [1.82, 2.24) is 4.98 Å². The Labute approximate surface area is 136 Å². The molecule has 3 nitrogen and oxygen atoms in total. The molecule has 1 amide bonds. The van der Waals surface area contributed by atoms with Crippen LogP contribution in [0.25, 0.3) is 0 Å². The van der Waals surface area contributed by atoms with Gasteiger partial charge >= 0.3 is 0 Å². The van der Waals surface area contributed by atoms with Gasteiger partial charge in [-0.1, -0.05) is 29.8 Å². The van der Waals surface area contributed by atoms with E-state index in [4.69, 9.17) is 0 Å². The van der Waals surface area contributed by atoms with Gasteiger partial charge in [-0.3, -0.25) is 9.78 Å². The zero-order valence-electron chi connectivity index (χ0n) is 13.6. The summed E-state index contributed by atoms with van der Waals surface area (Å²) in [5, 5.41) is 2.98. The number of rotatable bonds is 5. The molecule has 2 rings (SSSR count). The highest BCUT2D eigenvalue weighted by molar-refractivity contribution is 7.99. The van der Waals surface area contributed by atoms with Gasteiger partial charge in [-0.15, -0.1) is 11.8 Å². The molecule has 0 bridgehead atoms. The summed E-state index contributed by atoms with van der Waals surface area (Å²) in [6, 6.07) is 10.4. The van der Waals surface area contributed by atoms with Crippen molar-refractivity contribution in [3.63, 3.8) is 0 Å². The highest BCUT2D eigenvalue weighted by Crippen LogP contribution is 2.20. The SMILES string of the molecule is Cc1cccc(CSCC(=O)Nc2c(C)cc(C)nc2C)c1. The van der Waals surface area contributed by atoms with E-state index in [0.29, 0.717) is 5.75 Å². The lowest BCUT2D eigenvalue weighted by Crippen LogP contribution is -2.16. The van der Waals surface area contributed by atoms with Crippen LogP contribution in [0.15, 0.2) is 30.3 Å². The molecule has 1 heterocycles. The fourth-order valence-corrected chi connectivity index (χ4v) is 3.23. The number of pyridine rings is 1. The van der Waals surface area contributed by atoms with Crippen molar-refractivity contribution in [2.75, 3.05) is 11.1 Å². The summed E-state index contributed by atoms with van der Waals surface area (Å²) in [5.74, 6) is 1.31. The van der Waals surface area contributed by atoms with Crippen molar-refractivity contribution in [2.45, 2.75) is 33.4 Å². The number of carbonyl (C=O) groups excluding carboxylic acids is 1. The van der Waals surface area contributed by atoms with Crippen molar-refractivity contribution in [2.24, 2.45) is 0 Å². The number of aryl methyl sites for hydroxylation is 4. The van der Waals surface area contributed by atoms with Crippen LogP contribution in [-0.2, 0) is 10.5 Å². The van der Waals surface area contributed by atoms with Crippen molar-refractivity contribution < 1.29 is 4.79 Å². The van der Waals surface area contributed by atoms with Gasteiger partial charge in [0.15, 0.2) is 0 Å². The van der Waals surface area contributed by atoms with E-state index in [1.807, 2.05) is 26.8 Å². The maximum atomic E-state index is 12.1. The van der Waals surface area contributed by atoms with Crippen LogP contribution in [0.3, 0.4) is 0 Å². The number of benzene rings is 1. The number of aromatic nitrogens is 1. The maximum Gasteiger partial charge on any atom is 0.234 e. The molecule has 22 heavy (non-hydrogen) atoms. The molecule has 1 aromatic carbocycles. The summed E-state index contributed by atoms with van der Waals surface area (Å²) in [6.07, 6.45) is 0. The Kier molecular flexibility index (Phi) is 5.61. The first kappa shape index (κ1) is 16.6. The van der Waals surface area contributed by atoms with Gasteiger partial charge in [-0.25, -0.2) is 0 Å². The van der Waals surface area contributed by atoms with Crippen LogP contribution in [-0.4, -0.2) is 16.6 Å². The second-order valence-electron chi connectivity index (χ2n) is 5.57. The topological polar surface area (TPSA) is 42.0 Å². The number of hydrogen-bond acceptors (Lipinski definition) is 3. The molecular weight excluding hydrogens is 292 g/mol. The van der Waals surface area contributed by atoms with Gasteiger partial charge in [0.05, 0.1) is 17.1 Å². The van der Waals surface area contributed by atoms with Crippen LogP contribution in [0.5, 0.6) is 0 Å².